The first-order chi connectivity index (χ1) is 7.33. The fourth-order valence-electron chi connectivity index (χ4n) is 1.79. The Morgan fingerprint density at radius 3 is 2.87 bits per heavy atom. The molecule has 0 aromatic heterocycles. The summed E-state index contributed by atoms with van der Waals surface area (Å²) in [5.41, 5.74) is 0. The number of hydrogen-bond donors (Lipinski definition) is 1. The Morgan fingerprint density at radius 2 is 2.20 bits per heavy atom. The highest BCUT2D eigenvalue weighted by atomic mass is 16.5. The van der Waals surface area contributed by atoms with E-state index in [9.17, 15) is 0 Å². The van der Waals surface area contributed by atoms with E-state index < -0.39 is 0 Å². The zero-order valence-electron chi connectivity index (χ0n) is 10.1. The first kappa shape index (κ1) is 12.9. The highest BCUT2D eigenvalue weighted by Crippen LogP contribution is 2.17. The maximum absolute atomic E-state index is 5.70. The molecule has 1 fully saturated rings. The summed E-state index contributed by atoms with van der Waals surface area (Å²) in [6, 6.07) is 0. The van der Waals surface area contributed by atoms with E-state index in [1.165, 1.54) is 25.7 Å². The molecule has 0 bridgehead atoms. The van der Waals surface area contributed by atoms with Crippen LogP contribution >= 0.6 is 0 Å². The standard InChI is InChI=1S/C12H25NO2/c1-3-4-8-14-9-7-13-10-12-6-5-11(2)15-12/h11-13H,3-10H2,1-2H3. The number of unbranched alkanes of at least 4 members (excludes halogenated alkanes) is 1. The van der Waals surface area contributed by atoms with Gasteiger partial charge in [-0.05, 0) is 26.2 Å². The van der Waals surface area contributed by atoms with Crippen LogP contribution in [0.2, 0.25) is 0 Å². The fourth-order valence-corrected chi connectivity index (χ4v) is 1.79. The van der Waals surface area contributed by atoms with Crippen molar-refractivity contribution in [3.05, 3.63) is 0 Å². The maximum atomic E-state index is 5.70. The van der Waals surface area contributed by atoms with Gasteiger partial charge in [-0.25, -0.2) is 0 Å². The highest BCUT2D eigenvalue weighted by Gasteiger charge is 2.20. The molecular weight excluding hydrogens is 190 g/mol. The first-order valence-electron chi connectivity index (χ1n) is 6.27. The van der Waals surface area contributed by atoms with Crippen LogP contribution in [0.25, 0.3) is 0 Å². The van der Waals surface area contributed by atoms with Crippen LogP contribution in [0.15, 0.2) is 0 Å². The summed E-state index contributed by atoms with van der Waals surface area (Å²) in [6.45, 7) is 7.96. The molecule has 0 amide bonds. The van der Waals surface area contributed by atoms with Gasteiger partial charge in [0, 0.05) is 19.7 Å². The number of rotatable bonds is 8. The Balaban J connectivity index is 1.81. The summed E-state index contributed by atoms with van der Waals surface area (Å²) in [5, 5.41) is 3.37. The van der Waals surface area contributed by atoms with Gasteiger partial charge in [0.2, 0.25) is 0 Å². The van der Waals surface area contributed by atoms with E-state index in [4.69, 9.17) is 9.47 Å². The van der Waals surface area contributed by atoms with E-state index in [0.717, 1.165) is 26.3 Å². The van der Waals surface area contributed by atoms with Gasteiger partial charge in [-0.3, -0.25) is 0 Å². The highest BCUT2D eigenvalue weighted by molar-refractivity contribution is 4.72. The molecule has 0 saturated carbocycles. The normalized spacial score (nSPS) is 26.0. The van der Waals surface area contributed by atoms with Crippen molar-refractivity contribution in [2.45, 2.75) is 51.7 Å². The van der Waals surface area contributed by atoms with E-state index in [1.54, 1.807) is 0 Å². The Bertz CT molecular complexity index is 153. The average molecular weight is 215 g/mol. The van der Waals surface area contributed by atoms with Gasteiger partial charge in [-0.1, -0.05) is 13.3 Å². The van der Waals surface area contributed by atoms with Crippen LogP contribution < -0.4 is 5.32 Å². The van der Waals surface area contributed by atoms with Crippen LogP contribution in [0.4, 0.5) is 0 Å². The predicted octanol–water partition coefficient (Wildman–Crippen LogP) is 1.96. The molecule has 0 aromatic rings. The molecule has 1 saturated heterocycles. The molecule has 1 N–H and O–H groups in total. The minimum atomic E-state index is 0.427. The molecule has 3 nitrogen and oxygen atoms in total. The van der Waals surface area contributed by atoms with E-state index in [1.807, 2.05) is 0 Å². The molecule has 1 aliphatic rings. The summed E-state index contributed by atoms with van der Waals surface area (Å²) in [4.78, 5) is 0. The van der Waals surface area contributed by atoms with Crippen LogP contribution in [0.5, 0.6) is 0 Å². The van der Waals surface area contributed by atoms with Crippen LogP contribution in [0.1, 0.15) is 39.5 Å². The lowest BCUT2D eigenvalue weighted by atomic mass is 10.2. The molecule has 1 rings (SSSR count). The van der Waals surface area contributed by atoms with E-state index in [2.05, 4.69) is 19.2 Å². The molecule has 0 aliphatic carbocycles. The quantitative estimate of drug-likeness (QED) is 0.628. The second-order valence-corrected chi connectivity index (χ2v) is 4.32. The van der Waals surface area contributed by atoms with E-state index >= 15 is 0 Å². The topological polar surface area (TPSA) is 30.5 Å². The van der Waals surface area contributed by atoms with Gasteiger partial charge >= 0.3 is 0 Å². The van der Waals surface area contributed by atoms with Crippen molar-refractivity contribution >= 4 is 0 Å². The monoisotopic (exact) mass is 215 g/mol. The summed E-state index contributed by atoms with van der Waals surface area (Å²) in [7, 11) is 0. The van der Waals surface area contributed by atoms with Crippen LogP contribution in [0, 0.1) is 0 Å². The largest absolute Gasteiger partial charge is 0.380 e. The molecule has 0 radical (unpaired) electrons. The van der Waals surface area contributed by atoms with Gasteiger partial charge in [0.25, 0.3) is 0 Å². The Labute approximate surface area is 93.5 Å². The number of nitrogens with one attached hydrogen (secondary N) is 1. The number of ether oxygens (including phenoxy) is 2. The second kappa shape index (κ2) is 8.08. The van der Waals surface area contributed by atoms with Crippen molar-refractivity contribution in [2.24, 2.45) is 0 Å². The summed E-state index contributed by atoms with van der Waals surface area (Å²) >= 11 is 0. The lowest BCUT2D eigenvalue weighted by Crippen LogP contribution is -2.29. The zero-order valence-corrected chi connectivity index (χ0v) is 10.1. The van der Waals surface area contributed by atoms with Gasteiger partial charge in [0.1, 0.15) is 0 Å². The zero-order chi connectivity index (χ0) is 10.9. The molecule has 90 valence electrons. The lowest BCUT2D eigenvalue weighted by Gasteiger charge is -2.12. The van der Waals surface area contributed by atoms with Crippen LogP contribution in [-0.2, 0) is 9.47 Å². The fraction of sp³-hybridized carbons (Fsp3) is 1.00. The van der Waals surface area contributed by atoms with Crippen molar-refractivity contribution in [1.82, 2.24) is 5.32 Å². The average Bonchev–Trinajstić information content (AvgIpc) is 2.63. The summed E-state index contributed by atoms with van der Waals surface area (Å²) in [6.07, 6.45) is 5.67. The molecule has 1 aliphatic heterocycles. The Morgan fingerprint density at radius 1 is 1.33 bits per heavy atom. The van der Waals surface area contributed by atoms with Crippen LogP contribution in [0.3, 0.4) is 0 Å². The van der Waals surface area contributed by atoms with Gasteiger partial charge < -0.3 is 14.8 Å². The Kier molecular flexibility index (Phi) is 6.98. The number of hydrogen-bond acceptors (Lipinski definition) is 3. The van der Waals surface area contributed by atoms with Crippen molar-refractivity contribution < 1.29 is 9.47 Å². The van der Waals surface area contributed by atoms with E-state index in [-0.39, 0.29) is 0 Å². The minimum absolute atomic E-state index is 0.427. The molecule has 3 heteroatoms. The van der Waals surface area contributed by atoms with Gasteiger partial charge in [-0.15, -0.1) is 0 Å². The van der Waals surface area contributed by atoms with Gasteiger partial charge in [0.05, 0.1) is 18.8 Å². The van der Waals surface area contributed by atoms with Crippen molar-refractivity contribution in [3.63, 3.8) is 0 Å². The van der Waals surface area contributed by atoms with Gasteiger partial charge in [-0.2, -0.15) is 0 Å². The SMILES string of the molecule is CCCCOCCNCC1CCC(C)O1. The third-order valence-corrected chi connectivity index (χ3v) is 2.76. The molecule has 0 spiro atoms. The molecule has 2 atom stereocenters. The third-order valence-electron chi connectivity index (χ3n) is 2.76. The molecule has 15 heavy (non-hydrogen) atoms. The molecule has 1 heterocycles. The smallest absolute Gasteiger partial charge is 0.0704 e. The summed E-state index contributed by atoms with van der Waals surface area (Å²) in [5.74, 6) is 0. The maximum Gasteiger partial charge on any atom is 0.0704 e. The van der Waals surface area contributed by atoms with Crippen molar-refractivity contribution in [1.29, 1.82) is 0 Å². The van der Waals surface area contributed by atoms with E-state index in [0.29, 0.717) is 12.2 Å². The molecule has 2 unspecified atom stereocenters. The van der Waals surface area contributed by atoms with Gasteiger partial charge in [0.15, 0.2) is 0 Å². The van der Waals surface area contributed by atoms with Crippen LogP contribution in [-0.4, -0.2) is 38.5 Å². The second-order valence-electron chi connectivity index (χ2n) is 4.32. The first-order valence-corrected chi connectivity index (χ1v) is 6.27. The molecule has 0 aromatic carbocycles. The molecular formula is C12H25NO2. The van der Waals surface area contributed by atoms with Crippen molar-refractivity contribution in [2.75, 3.05) is 26.3 Å². The summed E-state index contributed by atoms with van der Waals surface area (Å²) < 4.78 is 11.2. The minimum Gasteiger partial charge on any atom is -0.380 e. The lowest BCUT2D eigenvalue weighted by molar-refractivity contribution is 0.0540. The van der Waals surface area contributed by atoms with Crippen molar-refractivity contribution in [3.8, 4) is 0 Å². The predicted molar refractivity (Wildman–Crippen MR) is 62.2 cm³/mol. The Hall–Kier alpha value is -0.120. The third kappa shape index (κ3) is 6.13.